The van der Waals surface area contributed by atoms with Gasteiger partial charge in [0.25, 0.3) is 0 Å². The van der Waals surface area contributed by atoms with Gasteiger partial charge in [-0.1, -0.05) is 18.6 Å². The van der Waals surface area contributed by atoms with Crippen LogP contribution in [0.1, 0.15) is 45.6 Å². The molecule has 2 rings (SSSR count). The fourth-order valence-corrected chi connectivity index (χ4v) is 2.55. The Bertz CT molecular complexity index is 453. The summed E-state index contributed by atoms with van der Waals surface area (Å²) in [4.78, 5) is 12.6. The highest BCUT2D eigenvalue weighted by molar-refractivity contribution is 5.89. The highest BCUT2D eigenvalue weighted by Gasteiger charge is 2.46. The SMILES string of the molecule is COc1ccc(C2(C(=O)NC(C)(C)C)CCC2)cc1. The van der Waals surface area contributed by atoms with Crippen molar-refractivity contribution in [1.82, 2.24) is 5.32 Å². The van der Waals surface area contributed by atoms with E-state index in [1.54, 1.807) is 7.11 Å². The molecule has 1 fully saturated rings. The van der Waals surface area contributed by atoms with Gasteiger partial charge in [-0.2, -0.15) is 0 Å². The van der Waals surface area contributed by atoms with Crippen LogP contribution in [0.25, 0.3) is 0 Å². The average molecular weight is 261 g/mol. The molecular formula is C16H23NO2. The van der Waals surface area contributed by atoms with Crippen molar-refractivity contribution >= 4 is 5.91 Å². The Labute approximate surface area is 115 Å². The number of ether oxygens (including phenoxy) is 1. The summed E-state index contributed by atoms with van der Waals surface area (Å²) in [6.07, 6.45) is 2.98. The van der Waals surface area contributed by atoms with Crippen LogP contribution in [-0.4, -0.2) is 18.6 Å². The Kier molecular flexibility index (Phi) is 3.57. The average Bonchev–Trinajstić information content (AvgIpc) is 2.26. The second-order valence-electron chi connectivity index (χ2n) is 6.37. The molecule has 104 valence electrons. The number of nitrogens with one attached hydrogen (secondary N) is 1. The second-order valence-corrected chi connectivity index (χ2v) is 6.37. The van der Waals surface area contributed by atoms with Crippen molar-refractivity contribution in [3.63, 3.8) is 0 Å². The molecule has 3 nitrogen and oxygen atoms in total. The lowest BCUT2D eigenvalue weighted by atomic mass is 9.63. The van der Waals surface area contributed by atoms with Gasteiger partial charge in [0.2, 0.25) is 5.91 Å². The summed E-state index contributed by atoms with van der Waals surface area (Å²) in [5, 5.41) is 3.12. The highest BCUT2D eigenvalue weighted by Crippen LogP contribution is 2.44. The van der Waals surface area contributed by atoms with Crippen molar-refractivity contribution in [3.8, 4) is 5.75 Å². The van der Waals surface area contributed by atoms with E-state index in [1.165, 1.54) is 0 Å². The predicted molar refractivity (Wildman–Crippen MR) is 76.4 cm³/mol. The van der Waals surface area contributed by atoms with Crippen molar-refractivity contribution in [1.29, 1.82) is 0 Å². The standard InChI is InChI=1S/C16H23NO2/c1-15(2,3)17-14(18)16(10-5-11-16)12-6-8-13(19-4)9-7-12/h6-9H,5,10-11H2,1-4H3,(H,17,18). The monoisotopic (exact) mass is 261 g/mol. The van der Waals surface area contributed by atoms with E-state index in [9.17, 15) is 4.79 Å². The van der Waals surface area contributed by atoms with Crippen LogP contribution >= 0.6 is 0 Å². The van der Waals surface area contributed by atoms with Crippen molar-refractivity contribution in [2.45, 2.75) is 51.0 Å². The maximum absolute atomic E-state index is 12.6. The van der Waals surface area contributed by atoms with Crippen molar-refractivity contribution < 1.29 is 9.53 Å². The third kappa shape index (κ3) is 2.75. The van der Waals surface area contributed by atoms with Crippen LogP contribution in [-0.2, 0) is 10.2 Å². The Balaban J connectivity index is 2.24. The fraction of sp³-hybridized carbons (Fsp3) is 0.562. The number of hydrogen-bond donors (Lipinski definition) is 1. The Morgan fingerprint density at radius 2 is 1.79 bits per heavy atom. The van der Waals surface area contributed by atoms with Crippen LogP contribution in [0.15, 0.2) is 24.3 Å². The topological polar surface area (TPSA) is 38.3 Å². The molecule has 0 radical (unpaired) electrons. The molecule has 0 unspecified atom stereocenters. The third-order valence-corrected chi connectivity index (χ3v) is 3.77. The molecule has 0 aliphatic heterocycles. The normalized spacial score (nSPS) is 17.5. The lowest BCUT2D eigenvalue weighted by Crippen LogP contribution is -2.54. The number of hydrogen-bond acceptors (Lipinski definition) is 2. The number of amides is 1. The van der Waals surface area contributed by atoms with Crippen molar-refractivity contribution in [3.05, 3.63) is 29.8 Å². The summed E-state index contributed by atoms with van der Waals surface area (Å²) in [5.41, 5.74) is 0.576. The van der Waals surface area contributed by atoms with E-state index in [0.717, 1.165) is 30.6 Å². The van der Waals surface area contributed by atoms with Gasteiger partial charge in [0.1, 0.15) is 5.75 Å². The van der Waals surface area contributed by atoms with E-state index < -0.39 is 0 Å². The lowest BCUT2D eigenvalue weighted by molar-refractivity contribution is -0.131. The van der Waals surface area contributed by atoms with Crippen LogP contribution < -0.4 is 10.1 Å². The molecule has 1 aromatic carbocycles. The summed E-state index contributed by atoms with van der Waals surface area (Å²) < 4.78 is 5.17. The summed E-state index contributed by atoms with van der Waals surface area (Å²) in [7, 11) is 1.65. The smallest absolute Gasteiger partial charge is 0.231 e. The maximum Gasteiger partial charge on any atom is 0.231 e. The third-order valence-electron chi connectivity index (χ3n) is 3.77. The van der Waals surface area contributed by atoms with E-state index in [0.29, 0.717) is 0 Å². The van der Waals surface area contributed by atoms with Gasteiger partial charge in [-0.15, -0.1) is 0 Å². The first-order valence-corrected chi connectivity index (χ1v) is 6.84. The summed E-state index contributed by atoms with van der Waals surface area (Å²) >= 11 is 0. The van der Waals surface area contributed by atoms with E-state index in [-0.39, 0.29) is 16.9 Å². The van der Waals surface area contributed by atoms with Gasteiger partial charge in [0.15, 0.2) is 0 Å². The molecule has 0 heterocycles. The molecule has 19 heavy (non-hydrogen) atoms. The predicted octanol–water partition coefficient (Wildman–Crippen LogP) is 3.03. The van der Waals surface area contributed by atoms with E-state index in [2.05, 4.69) is 5.32 Å². The van der Waals surface area contributed by atoms with E-state index in [4.69, 9.17) is 4.74 Å². The summed E-state index contributed by atoms with van der Waals surface area (Å²) in [5.74, 6) is 0.978. The largest absolute Gasteiger partial charge is 0.497 e. The Morgan fingerprint density at radius 3 is 2.16 bits per heavy atom. The van der Waals surface area contributed by atoms with Gasteiger partial charge in [0.05, 0.1) is 12.5 Å². The first-order valence-electron chi connectivity index (χ1n) is 6.84. The maximum atomic E-state index is 12.6. The summed E-state index contributed by atoms with van der Waals surface area (Å²) in [6, 6.07) is 7.89. The van der Waals surface area contributed by atoms with Gasteiger partial charge in [-0.3, -0.25) is 4.79 Å². The summed E-state index contributed by atoms with van der Waals surface area (Å²) in [6.45, 7) is 6.06. The fourth-order valence-electron chi connectivity index (χ4n) is 2.55. The molecule has 1 saturated carbocycles. The van der Waals surface area contributed by atoms with Gasteiger partial charge in [0, 0.05) is 5.54 Å². The van der Waals surface area contributed by atoms with E-state index in [1.807, 2.05) is 45.0 Å². The molecule has 3 heteroatoms. The zero-order valence-corrected chi connectivity index (χ0v) is 12.2. The Hall–Kier alpha value is -1.51. The highest BCUT2D eigenvalue weighted by atomic mass is 16.5. The minimum atomic E-state index is -0.334. The molecule has 1 amide bonds. The minimum absolute atomic E-state index is 0.149. The van der Waals surface area contributed by atoms with Crippen LogP contribution in [0.5, 0.6) is 5.75 Å². The molecule has 0 bridgehead atoms. The lowest BCUT2D eigenvalue weighted by Gasteiger charge is -2.42. The number of methoxy groups -OCH3 is 1. The van der Waals surface area contributed by atoms with Crippen LogP contribution in [0, 0.1) is 0 Å². The second kappa shape index (κ2) is 4.87. The number of rotatable bonds is 3. The molecule has 1 aromatic rings. The van der Waals surface area contributed by atoms with Gasteiger partial charge in [-0.05, 0) is 51.3 Å². The van der Waals surface area contributed by atoms with Crippen molar-refractivity contribution in [2.24, 2.45) is 0 Å². The first kappa shape index (κ1) is 13.9. The quantitative estimate of drug-likeness (QED) is 0.908. The number of benzene rings is 1. The van der Waals surface area contributed by atoms with Gasteiger partial charge >= 0.3 is 0 Å². The molecule has 1 N–H and O–H groups in total. The molecule has 1 aliphatic rings. The molecule has 0 spiro atoms. The van der Waals surface area contributed by atoms with Gasteiger partial charge < -0.3 is 10.1 Å². The first-order chi connectivity index (χ1) is 8.87. The molecule has 0 atom stereocenters. The number of carbonyl (C=O) groups is 1. The van der Waals surface area contributed by atoms with E-state index >= 15 is 0 Å². The van der Waals surface area contributed by atoms with Crippen LogP contribution in [0.3, 0.4) is 0 Å². The molecular weight excluding hydrogens is 238 g/mol. The molecule has 0 saturated heterocycles. The molecule has 0 aromatic heterocycles. The van der Waals surface area contributed by atoms with Gasteiger partial charge in [-0.25, -0.2) is 0 Å². The zero-order valence-electron chi connectivity index (χ0n) is 12.2. The Morgan fingerprint density at radius 1 is 1.21 bits per heavy atom. The molecule has 1 aliphatic carbocycles. The number of carbonyl (C=O) groups excluding carboxylic acids is 1. The minimum Gasteiger partial charge on any atom is -0.497 e. The van der Waals surface area contributed by atoms with Crippen molar-refractivity contribution in [2.75, 3.05) is 7.11 Å². The zero-order chi connectivity index (χ0) is 14.1. The van der Waals surface area contributed by atoms with Crippen LogP contribution in [0.4, 0.5) is 0 Å². The van der Waals surface area contributed by atoms with Crippen LogP contribution in [0.2, 0.25) is 0 Å².